The van der Waals surface area contributed by atoms with Crippen LogP contribution in [0.2, 0.25) is 5.02 Å². The second kappa shape index (κ2) is 7.21. The van der Waals surface area contributed by atoms with Crippen LogP contribution in [0.25, 0.3) is 0 Å². The van der Waals surface area contributed by atoms with Crippen LogP contribution in [-0.4, -0.2) is 39.5 Å². The largest absolute Gasteiger partial charge is 0.322 e. The number of hydrogen-bond donors (Lipinski definition) is 1. The number of rotatable bonds is 4. The third kappa shape index (κ3) is 4.31. The normalized spacial score (nSPS) is 19.0. The fraction of sp³-hybridized carbons (Fsp3) is 0.235. The van der Waals surface area contributed by atoms with E-state index in [4.69, 9.17) is 11.6 Å². The van der Waals surface area contributed by atoms with Gasteiger partial charge < -0.3 is 5.32 Å². The third-order valence-corrected chi connectivity index (χ3v) is 8.66. The highest BCUT2D eigenvalue weighted by Crippen LogP contribution is 2.27. The van der Waals surface area contributed by atoms with Crippen molar-refractivity contribution in [1.29, 1.82) is 0 Å². The summed E-state index contributed by atoms with van der Waals surface area (Å²) in [6.45, 7) is 0. The fourth-order valence-corrected chi connectivity index (χ4v) is 7.30. The highest BCUT2D eigenvalue weighted by molar-refractivity contribution is 7.96. The summed E-state index contributed by atoms with van der Waals surface area (Å²) in [5.74, 6) is -2.40. The van der Waals surface area contributed by atoms with Gasteiger partial charge in [0.2, 0.25) is 0 Å². The average molecular weight is 432 g/mol. The SMILES string of the molecule is O=C(Nc1ccc(Cl)cc1)c1cc(S(=O)(=O)[C@@H]2CCS(=O)(=O)C2)ccc1F. The van der Waals surface area contributed by atoms with E-state index in [0.717, 1.165) is 18.2 Å². The summed E-state index contributed by atoms with van der Waals surface area (Å²) >= 11 is 5.76. The highest BCUT2D eigenvalue weighted by atomic mass is 35.5. The van der Waals surface area contributed by atoms with E-state index in [2.05, 4.69) is 5.32 Å². The Morgan fingerprint density at radius 2 is 1.81 bits per heavy atom. The summed E-state index contributed by atoms with van der Waals surface area (Å²) in [7, 11) is -7.41. The van der Waals surface area contributed by atoms with Crippen molar-refractivity contribution >= 4 is 42.9 Å². The van der Waals surface area contributed by atoms with Gasteiger partial charge in [-0.05, 0) is 48.9 Å². The van der Waals surface area contributed by atoms with E-state index in [1.165, 1.54) is 24.3 Å². The first-order valence-electron chi connectivity index (χ1n) is 7.89. The molecule has 0 aromatic heterocycles. The molecule has 0 spiro atoms. The number of sulfone groups is 2. The van der Waals surface area contributed by atoms with Gasteiger partial charge in [0.15, 0.2) is 19.7 Å². The monoisotopic (exact) mass is 431 g/mol. The maximum absolute atomic E-state index is 14.1. The first-order valence-corrected chi connectivity index (χ1v) is 11.6. The minimum Gasteiger partial charge on any atom is -0.322 e. The number of carbonyl (C=O) groups is 1. The maximum atomic E-state index is 14.1. The van der Waals surface area contributed by atoms with Crippen LogP contribution < -0.4 is 5.32 Å². The molecule has 3 rings (SSSR count). The lowest BCUT2D eigenvalue weighted by Crippen LogP contribution is -2.23. The smallest absolute Gasteiger partial charge is 0.258 e. The van der Waals surface area contributed by atoms with Gasteiger partial charge in [-0.1, -0.05) is 11.6 Å². The molecule has 0 bridgehead atoms. The van der Waals surface area contributed by atoms with Crippen molar-refractivity contribution < 1.29 is 26.0 Å². The van der Waals surface area contributed by atoms with E-state index in [9.17, 15) is 26.0 Å². The quantitative estimate of drug-likeness (QED) is 0.750. The Morgan fingerprint density at radius 3 is 2.41 bits per heavy atom. The number of anilines is 1. The standard InChI is InChI=1S/C17H15ClFNO5S2/c18-11-1-3-12(4-2-11)20-17(21)15-9-13(5-6-16(15)19)27(24,25)14-7-8-26(22,23)10-14/h1-6,9,14H,7-8,10H2,(H,20,21)/t14-/m1/s1. The molecule has 0 radical (unpaired) electrons. The molecular weight excluding hydrogens is 417 g/mol. The topological polar surface area (TPSA) is 97.4 Å². The van der Waals surface area contributed by atoms with Crippen molar-refractivity contribution in [2.75, 3.05) is 16.8 Å². The zero-order chi connectivity index (χ0) is 19.8. The number of halogens is 2. The average Bonchev–Trinajstić information content (AvgIpc) is 2.98. The summed E-state index contributed by atoms with van der Waals surface area (Å²) in [6.07, 6.45) is -0.0195. The fourth-order valence-electron chi connectivity index (χ4n) is 2.79. The molecule has 1 heterocycles. The molecule has 0 saturated carbocycles. The molecule has 27 heavy (non-hydrogen) atoms. The van der Waals surface area contributed by atoms with Crippen LogP contribution >= 0.6 is 11.6 Å². The van der Waals surface area contributed by atoms with Gasteiger partial charge in [0.1, 0.15) is 5.82 Å². The number of benzene rings is 2. The van der Waals surface area contributed by atoms with Gasteiger partial charge in [-0.25, -0.2) is 21.2 Å². The number of amides is 1. The maximum Gasteiger partial charge on any atom is 0.258 e. The number of nitrogens with one attached hydrogen (secondary N) is 1. The van der Waals surface area contributed by atoms with E-state index >= 15 is 0 Å². The molecule has 1 saturated heterocycles. The van der Waals surface area contributed by atoms with Gasteiger partial charge in [0.25, 0.3) is 5.91 Å². The van der Waals surface area contributed by atoms with Gasteiger partial charge in [-0.15, -0.1) is 0 Å². The van der Waals surface area contributed by atoms with Crippen molar-refractivity contribution in [1.82, 2.24) is 0 Å². The Balaban J connectivity index is 1.90. The molecule has 144 valence electrons. The summed E-state index contributed by atoms with van der Waals surface area (Å²) in [5, 5.41) is 1.82. The van der Waals surface area contributed by atoms with Crippen molar-refractivity contribution in [2.45, 2.75) is 16.6 Å². The third-order valence-electron chi connectivity index (χ3n) is 4.24. The van der Waals surface area contributed by atoms with Crippen molar-refractivity contribution in [3.05, 3.63) is 58.9 Å². The van der Waals surface area contributed by atoms with Gasteiger partial charge in [-0.2, -0.15) is 0 Å². The van der Waals surface area contributed by atoms with Crippen molar-refractivity contribution in [2.24, 2.45) is 0 Å². The predicted molar refractivity (Wildman–Crippen MR) is 100 cm³/mol. The molecule has 0 aliphatic carbocycles. The summed E-state index contributed by atoms with van der Waals surface area (Å²) < 4.78 is 62.6. The first kappa shape index (κ1) is 19.8. The number of carbonyl (C=O) groups excluding carboxylic acids is 1. The molecule has 1 aliphatic heterocycles. The van der Waals surface area contributed by atoms with Crippen LogP contribution in [0.4, 0.5) is 10.1 Å². The molecule has 0 unspecified atom stereocenters. The van der Waals surface area contributed by atoms with Gasteiger partial charge in [-0.3, -0.25) is 4.79 Å². The molecular formula is C17H15ClFNO5S2. The van der Waals surface area contributed by atoms with Crippen molar-refractivity contribution in [3.8, 4) is 0 Å². The second-order valence-electron chi connectivity index (χ2n) is 6.17. The van der Waals surface area contributed by atoms with E-state index < -0.39 is 48.0 Å². The zero-order valence-electron chi connectivity index (χ0n) is 13.9. The van der Waals surface area contributed by atoms with E-state index in [1.54, 1.807) is 0 Å². The highest BCUT2D eigenvalue weighted by Gasteiger charge is 2.38. The predicted octanol–water partition coefficient (Wildman–Crippen LogP) is 2.69. The number of hydrogen-bond acceptors (Lipinski definition) is 5. The second-order valence-corrected chi connectivity index (χ2v) is 11.1. The lowest BCUT2D eigenvalue weighted by atomic mass is 10.2. The van der Waals surface area contributed by atoms with Crippen LogP contribution in [0.5, 0.6) is 0 Å². The molecule has 6 nitrogen and oxygen atoms in total. The zero-order valence-corrected chi connectivity index (χ0v) is 16.2. The lowest BCUT2D eigenvalue weighted by Gasteiger charge is -2.12. The molecule has 1 fully saturated rings. The first-order chi connectivity index (χ1) is 12.6. The van der Waals surface area contributed by atoms with Crippen LogP contribution in [0.3, 0.4) is 0 Å². The Hall–Kier alpha value is -1.97. The molecule has 1 amide bonds. The van der Waals surface area contributed by atoms with Crippen molar-refractivity contribution in [3.63, 3.8) is 0 Å². The molecule has 2 aromatic rings. The minimum atomic E-state index is -4.00. The molecule has 1 aliphatic rings. The van der Waals surface area contributed by atoms with Gasteiger partial charge >= 0.3 is 0 Å². The molecule has 2 aromatic carbocycles. The Kier molecular flexibility index (Phi) is 5.29. The van der Waals surface area contributed by atoms with Crippen LogP contribution in [0.15, 0.2) is 47.4 Å². The molecule has 1 N–H and O–H groups in total. The Bertz CT molecular complexity index is 1100. The Labute approximate surface area is 161 Å². The molecule has 10 heteroatoms. The van der Waals surface area contributed by atoms with E-state index in [1.807, 2.05) is 0 Å². The van der Waals surface area contributed by atoms with Crippen LogP contribution in [0.1, 0.15) is 16.8 Å². The Morgan fingerprint density at radius 1 is 1.15 bits per heavy atom. The summed E-state index contributed by atoms with van der Waals surface area (Å²) in [6, 6.07) is 8.96. The minimum absolute atomic E-state index is 0.0195. The summed E-state index contributed by atoms with van der Waals surface area (Å²) in [4.78, 5) is 12.1. The lowest BCUT2D eigenvalue weighted by molar-refractivity contribution is 0.102. The molecule has 1 atom stereocenters. The van der Waals surface area contributed by atoms with E-state index in [0.29, 0.717) is 10.7 Å². The van der Waals surface area contributed by atoms with Crippen LogP contribution in [-0.2, 0) is 19.7 Å². The van der Waals surface area contributed by atoms with Gasteiger partial charge in [0, 0.05) is 10.7 Å². The summed E-state index contributed by atoms with van der Waals surface area (Å²) in [5.41, 5.74) is -0.0918. The van der Waals surface area contributed by atoms with E-state index in [-0.39, 0.29) is 17.1 Å². The van der Waals surface area contributed by atoms with Crippen LogP contribution in [0, 0.1) is 5.82 Å². The van der Waals surface area contributed by atoms with Gasteiger partial charge in [0.05, 0.1) is 27.2 Å².